The zero-order chi connectivity index (χ0) is 8.53. The Kier molecular flexibility index (Phi) is 7.26. The van der Waals surface area contributed by atoms with E-state index in [1.165, 1.54) is 11.0 Å². The van der Waals surface area contributed by atoms with Gasteiger partial charge < -0.3 is 0 Å². The Labute approximate surface area is 72.2 Å². The van der Waals surface area contributed by atoms with E-state index in [2.05, 4.69) is 6.92 Å². The van der Waals surface area contributed by atoms with Gasteiger partial charge >= 0.3 is 0 Å². The molecule has 0 aliphatic rings. The van der Waals surface area contributed by atoms with Crippen molar-refractivity contribution in [1.29, 1.82) is 0 Å². The maximum atomic E-state index is 11.5. The second-order valence-corrected chi connectivity index (χ2v) is 2.46. The maximum Gasteiger partial charge on any atom is 0.0732 e. The molecule has 62 valence electrons. The molecular formula is C9H13FS. The largest absolute Gasteiger partial charge is 0.160 e. The van der Waals surface area contributed by atoms with Crippen LogP contribution in [0.2, 0.25) is 0 Å². The van der Waals surface area contributed by atoms with Crippen molar-refractivity contribution in [2.45, 2.75) is 20.3 Å². The molecule has 0 heterocycles. The topological polar surface area (TPSA) is 0 Å². The average Bonchev–Trinajstić information content (AvgIpc) is 2.03. The maximum absolute atomic E-state index is 11.5. The third-order valence-corrected chi connectivity index (χ3v) is 1.49. The Bertz CT molecular complexity index is 168. The summed E-state index contributed by atoms with van der Waals surface area (Å²) in [5, 5.41) is 1.42. The minimum atomic E-state index is 0.223. The molecule has 0 aliphatic heterocycles. The molecule has 0 unspecified atom stereocenters. The van der Waals surface area contributed by atoms with Crippen LogP contribution in [0.5, 0.6) is 0 Å². The van der Waals surface area contributed by atoms with Crippen molar-refractivity contribution in [2.24, 2.45) is 0 Å². The lowest BCUT2D eigenvalue weighted by molar-refractivity contribution is 0.947. The van der Waals surface area contributed by atoms with Crippen LogP contribution < -0.4 is 0 Å². The van der Waals surface area contributed by atoms with Crippen LogP contribution in [0.1, 0.15) is 20.3 Å². The standard InChI is InChI=1S/C9H13FS/c1-3-6-9(4-2)7-5-8-11-10/h3,5-8H,4H2,1-2H3/b6-3-,8-5+,9-7-. The van der Waals surface area contributed by atoms with E-state index >= 15 is 0 Å². The number of allylic oxidation sites excluding steroid dienone is 5. The minimum absolute atomic E-state index is 0.223. The second-order valence-electron chi connectivity index (χ2n) is 2.01. The first-order valence-corrected chi connectivity index (χ1v) is 4.39. The Morgan fingerprint density at radius 1 is 1.55 bits per heavy atom. The van der Waals surface area contributed by atoms with Crippen molar-refractivity contribution in [1.82, 2.24) is 0 Å². The van der Waals surface area contributed by atoms with E-state index in [1.54, 1.807) is 6.08 Å². The fourth-order valence-corrected chi connectivity index (χ4v) is 0.836. The van der Waals surface area contributed by atoms with Gasteiger partial charge in [0.05, 0.1) is 12.1 Å². The van der Waals surface area contributed by atoms with Gasteiger partial charge in [-0.05, 0) is 18.9 Å². The first kappa shape index (κ1) is 10.5. The fraction of sp³-hybridized carbons (Fsp3) is 0.333. The van der Waals surface area contributed by atoms with E-state index in [9.17, 15) is 3.89 Å². The number of hydrogen-bond donors (Lipinski definition) is 0. The number of rotatable bonds is 4. The molecule has 0 saturated carbocycles. The molecular weight excluding hydrogens is 159 g/mol. The molecule has 2 heteroatoms. The van der Waals surface area contributed by atoms with Gasteiger partial charge in [0.25, 0.3) is 0 Å². The summed E-state index contributed by atoms with van der Waals surface area (Å²) < 4.78 is 11.5. The molecule has 0 atom stereocenters. The van der Waals surface area contributed by atoms with Gasteiger partial charge in [0.15, 0.2) is 0 Å². The Balaban J connectivity index is 4.00. The number of halogens is 1. The summed E-state index contributed by atoms with van der Waals surface area (Å²) in [4.78, 5) is 0. The van der Waals surface area contributed by atoms with Gasteiger partial charge in [0, 0.05) is 5.41 Å². The molecule has 0 N–H and O–H groups in total. The molecule has 0 bridgehead atoms. The Morgan fingerprint density at radius 2 is 2.27 bits per heavy atom. The molecule has 0 nitrogen and oxygen atoms in total. The van der Waals surface area contributed by atoms with Gasteiger partial charge in [-0.25, -0.2) is 0 Å². The van der Waals surface area contributed by atoms with E-state index in [-0.39, 0.29) is 12.1 Å². The first-order chi connectivity index (χ1) is 5.35. The first-order valence-electron chi connectivity index (χ1n) is 3.61. The van der Waals surface area contributed by atoms with Gasteiger partial charge in [0.2, 0.25) is 0 Å². The predicted octanol–water partition coefficient (Wildman–Crippen LogP) is 4.03. The molecule has 0 aromatic carbocycles. The molecule has 0 spiro atoms. The molecule has 0 aromatic rings. The molecule has 0 saturated heterocycles. The average molecular weight is 172 g/mol. The normalized spacial score (nSPS) is 13.5. The zero-order valence-corrected chi connectivity index (χ0v) is 7.70. The minimum Gasteiger partial charge on any atom is -0.160 e. The highest BCUT2D eigenvalue weighted by Crippen LogP contribution is 2.05. The summed E-state index contributed by atoms with van der Waals surface area (Å²) in [7, 11) is 0. The summed E-state index contributed by atoms with van der Waals surface area (Å²) >= 11 is 0.223. The van der Waals surface area contributed by atoms with Gasteiger partial charge in [-0.3, -0.25) is 0 Å². The van der Waals surface area contributed by atoms with Crippen molar-refractivity contribution < 1.29 is 3.89 Å². The van der Waals surface area contributed by atoms with Crippen LogP contribution >= 0.6 is 12.1 Å². The summed E-state index contributed by atoms with van der Waals surface area (Å²) in [5.74, 6) is 0. The van der Waals surface area contributed by atoms with Gasteiger partial charge in [-0.1, -0.05) is 31.2 Å². The summed E-state index contributed by atoms with van der Waals surface area (Å²) in [6.07, 6.45) is 8.60. The Morgan fingerprint density at radius 3 is 2.73 bits per heavy atom. The van der Waals surface area contributed by atoms with E-state index in [0.717, 1.165) is 6.42 Å². The van der Waals surface area contributed by atoms with Crippen LogP contribution in [0.25, 0.3) is 0 Å². The third kappa shape index (κ3) is 5.92. The molecule has 11 heavy (non-hydrogen) atoms. The fourth-order valence-electron chi connectivity index (χ4n) is 0.698. The van der Waals surface area contributed by atoms with Crippen LogP contribution in [0.4, 0.5) is 3.89 Å². The zero-order valence-electron chi connectivity index (χ0n) is 6.88. The van der Waals surface area contributed by atoms with E-state index in [4.69, 9.17) is 0 Å². The van der Waals surface area contributed by atoms with E-state index < -0.39 is 0 Å². The van der Waals surface area contributed by atoms with Crippen LogP contribution in [0.3, 0.4) is 0 Å². The van der Waals surface area contributed by atoms with Crippen molar-refractivity contribution in [2.75, 3.05) is 0 Å². The van der Waals surface area contributed by atoms with E-state index in [0.29, 0.717) is 0 Å². The van der Waals surface area contributed by atoms with Crippen molar-refractivity contribution in [3.8, 4) is 0 Å². The van der Waals surface area contributed by atoms with Gasteiger partial charge in [-0.15, -0.1) is 0 Å². The quantitative estimate of drug-likeness (QED) is 0.577. The molecule has 0 fully saturated rings. The highest BCUT2D eigenvalue weighted by atomic mass is 32.2. The molecule has 0 radical (unpaired) electrons. The molecule has 0 aliphatic carbocycles. The predicted molar refractivity (Wildman–Crippen MR) is 51.0 cm³/mol. The number of hydrogen-bond acceptors (Lipinski definition) is 1. The van der Waals surface area contributed by atoms with Gasteiger partial charge in [-0.2, -0.15) is 3.89 Å². The third-order valence-electron chi connectivity index (χ3n) is 1.23. The van der Waals surface area contributed by atoms with E-state index in [1.807, 2.05) is 25.2 Å². The lowest BCUT2D eigenvalue weighted by Crippen LogP contribution is -1.70. The smallest absolute Gasteiger partial charge is 0.0732 e. The molecule has 0 rings (SSSR count). The summed E-state index contributed by atoms with van der Waals surface area (Å²) in [6, 6.07) is 0. The summed E-state index contributed by atoms with van der Waals surface area (Å²) in [5.41, 5.74) is 1.21. The van der Waals surface area contributed by atoms with Crippen LogP contribution in [0.15, 0.2) is 35.3 Å². The van der Waals surface area contributed by atoms with Gasteiger partial charge in [0.1, 0.15) is 0 Å². The molecule has 0 amide bonds. The summed E-state index contributed by atoms with van der Waals surface area (Å²) in [6.45, 7) is 4.04. The second kappa shape index (κ2) is 7.61. The van der Waals surface area contributed by atoms with Crippen LogP contribution in [-0.2, 0) is 0 Å². The van der Waals surface area contributed by atoms with Crippen LogP contribution in [-0.4, -0.2) is 0 Å². The lowest BCUT2D eigenvalue weighted by atomic mass is 10.2. The lowest BCUT2D eigenvalue weighted by Gasteiger charge is -1.91. The Hall–Kier alpha value is -0.500. The SMILES string of the molecule is C\C=C/C(=C\C=C\SF)CC. The van der Waals surface area contributed by atoms with Crippen molar-refractivity contribution in [3.05, 3.63) is 35.3 Å². The highest BCUT2D eigenvalue weighted by Gasteiger charge is 1.82. The van der Waals surface area contributed by atoms with Crippen molar-refractivity contribution >= 4 is 12.1 Å². The van der Waals surface area contributed by atoms with Crippen molar-refractivity contribution in [3.63, 3.8) is 0 Å². The highest BCUT2D eigenvalue weighted by molar-refractivity contribution is 7.97. The monoisotopic (exact) mass is 172 g/mol. The van der Waals surface area contributed by atoms with Crippen LogP contribution in [0, 0.1) is 0 Å². The molecule has 0 aromatic heterocycles.